The minimum atomic E-state index is -1.71. The number of carboxylic acid groups (broad SMARTS) is 1. The third-order valence-corrected chi connectivity index (χ3v) is 4.65. The van der Waals surface area contributed by atoms with E-state index < -0.39 is 35.7 Å². The van der Waals surface area contributed by atoms with Crippen LogP contribution in [0.15, 0.2) is 36.4 Å². The second-order valence-electron chi connectivity index (χ2n) is 5.89. The standard InChI is InChI=1S/C19H15Cl2F2NO4/c20-14-6-5-13(9-15(14)21)24(18(26)10-17(25)19(27)28)7-1-2-11-3-4-12(22)8-16(11)23/h3-6,8-9H,1-2,7,10H2,(H,27,28). The molecule has 2 rings (SSSR count). The normalized spacial score (nSPS) is 10.6. The lowest BCUT2D eigenvalue weighted by atomic mass is 10.1. The van der Waals surface area contributed by atoms with Gasteiger partial charge < -0.3 is 10.0 Å². The Labute approximate surface area is 169 Å². The predicted molar refractivity (Wildman–Crippen MR) is 101 cm³/mol. The lowest BCUT2D eigenvalue weighted by Crippen LogP contribution is -2.35. The maximum atomic E-state index is 13.8. The van der Waals surface area contributed by atoms with E-state index in [0.717, 1.165) is 12.1 Å². The van der Waals surface area contributed by atoms with Crippen LogP contribution in [0.3, 0.4) is 0 Å². The summed E-state index contributed by atoms with van der Waals surface area (Å²) in [6, 6.07) is 7.57. The molecule has 0 radical (unpaired) electrons. The van der Waals surface area contributed by atoms with Gasteiger partial charge in [0.2, 0.25) is 11.7 Å². The molecular weight excluding hydrogens is 415 g/mol. The fourth-order valence-electron chi connectivity index (χ4n) is 2.51. The molecule has 0 fully saturated rings. The number of anilines is 1. The van der Waals surface area contributed by atoms with Crippen molar-refractivity contribution in [1.82, 2.24) is 0 Å². The van der Waals surface area contributed by atoms with Gasteiger partial charge in [0, 0.05) is 18.3 Å². The van der Waals surface area contributed by atoms with Crippen LogP contribution in [0.5, 0.6) is 0 Å². The highest BCUT2D eigenvalue weighted by Gasteiger charge is 2.23. The van der Waals surface area contributed by atoms with Crippen LogP contribution in [0, 0.1) is 11.6 Å². The minimum absolute atomic E-state index is 0.0561. The molecule has 2 aromatic rings. The van der Waals surface area contributed by atoms with E-state index in [1.54, 1.807) is 0 Å². The summed E-state index contributed by atoms with van der Waals surface area (Å²) < 4.78 is 26.7. The van der Waals surface area contributed by atoms with Crippen molar-refractivity contribution in [3.63, 3.8) is 0 Å². The SMILES string of the molecule is O=C(O)C(=O)CC(=O)N(CCCc1ccc(F)cc1F)c1ccc(Cl)c(Cl)c1. The molecule has 1 N–H and O–H groups in total. The molecule has 9 heteroatoms. The summed E-state index contributed by atoms with van der Waals surface area (Å²) in [4.78, 5) is 35.8. The van der Waals surface area contributed by atoms with Crippen molar-refractivity contribution in [3.8, 4) is 0 Å². The van der Waals surface area contributed by atoms with Gasteiger partial charge in [-0.05, 0) is 42.7 Å². The zero-order valence-corrected chi connectivity index (χ0v) is 15.9. The second kappa shape index (κ2) is 9.61. The lowest BCUT2D eigenvalue weighted by Gasteiger charge is -2.23. The number of rotatable bonds is 8. The Morgan fingerprint density at radius 1 is 1.00 bits per heavy atom. The summed E-state index contributed by atoms with van der Waals surface area (Å²) >= 11 is 11.8. The molecule has 5 nitrogen and oxygen atoms in total. The van der Waals surface area contributed by atoms with Gasteiger partial charge in [0.25, 0.3) is 0 Å². The van der Waals surface area contributed by atoms with E-state index in [0.29, 0.717) is 5.69 Å². The highest BCUT2D eigenvalue weighted by molar-refractivity contribution is 6.42. The average Bonchev–Trinajstić information content (AvgIpc) is 2.62. The number of benzene rings is 2. The molecule has 0 heterocycles. The number of halogens is 4. The Morgan fingerprint density at radius 2 is 1.71 bits per heavy atom. The quantitative estimate of drug-likeness (QED) is 0.501. The van der Waals surface area contributed by atoms with Gasteiger partial charge >= 0.3 is 5.97 Å². The Morgan fingerprint density at radius 3 is 2.32 bits per heavy atom. The molecule has 0 unspecified atom stereocenters. The number of amides is 1. The van der Waals surface area contributed by atoms with Crippen LogP contribution in [-0.4, -0.2) is 29.3 Å². The first-order chi connectivity index (χ1) is 13.2. The Hall–Kier alpha value is -2.51. The van der Waals surface area contributed by atoms with Crippen molar-refractivity contribution in [3.05, 3.63) is 63.6 Å². The number of ketones is 1. The van der Waals surface area contributed by atoms with Crippen LogP contribution < -0.4 is 4.90 Å². The zero-order valence-electron chi connectivity index (χ0n) is 14.4. The number of Topliss-reactive ketones (excluding diaryl/α,β-unsaturated/α-hetero) is 1. The molecule has 0 aliphatic heterocycles. The van der Waals surface area contributed by atoms with Gasteiger partial charge in [-0.25, -0.2) is 13.6 Å². The molecule has 0 aliphatic rings. The van der Waals surface area contributed by atoms with E-state index in [-0.39, 0.29) is 35.0 Å². The van der Waals surface area contributed by atoms with Crippen LogP contribution in [-0.2, 0) is 20.8 Å². The largest absolute Gasteiger partial charge is 0.475 e. The van der Waals surface area contributed by atoms with Gasteiger partial charge in [0.1, 0.15) is 11.6 Å². The molecule has 0 atom stereocenters. The number of aryl methyl sites for hydroxylation is 1. The first kappa shape index (κ1) is 21.8. The molecule has 148 valence electrons. The molecule has 2 aromatic carbocycles. The number of carboxylic acids is 1. The van der Waals surface area contributed by atoms with E-state index in [1.165, 1.54) is 29.2 Å². The summed E-state index contributed by atoms with van der Waals surface area (Å²) in [5.41, 5.74) is 0.585. The molecule has 0 saturated carbocycles. The Kier molecular flexibility index (Phi) is 7.48. The smallest absolute Gasteiger partial charge is 0.372 e. The Bertz CT molecular complexity index is 921. The van der Waals surface area contributed by atoms with Crippen molar-refractivity contribution in [2.45, 2.75) is 19.3 Å². The maximum Gasteiger partial charge on any atom is 0.372 e. The summed E-state index contributed by atoms with van der Waals surface area (Å²) in [6.45, 7) is 0.0561. The van der Waals surface area contributed by atoms with E-state index in [9.17, 15) is 23.2 Å². The predicted octanol–water partition coefficient (Wildman–Crippen LogP) is 4.28. The van der Waals surface area contributed by atoms with Crippen LogP contribution >= 0.6 is 23.2 Å². The van der Waals surface area contributed by atoms with Gasteiger partial charge in [0.15, 0.2) is 0 Å². The van der Waals surface area contributed by atoms with Gasteiger partial charge in [-0.2, -0.15) is 0 Å². The van der Waals surface area contributed by atoms with Crippen LogP contribution in [0.4, 0.5) is 14.5 Å². The topological polar surface area (TPSA) is 74.7 Å². The average molecular weight is 430 g/mol. The second-order valence-corrected chi connectivity index (χ2v) is 6.70. The molecule has 1 amide bonds. The van der Waals surface area contributed by atoms with Gasteiger partial charge in [0.05, 0.1) is 16.5 Å². The number of hydrogen-bond acceptors (Lipinski definition) is 3. The molecule has 0 saturated heterocycles. The minimum Gasteiger partial charge on any atom is -0.475 e. The molecule has 28 heavy (non-hydrogen) atoms. The summed E-state index contributed by atoms with van der Waals surface area (Å²) in [5, 5.41) is 9.14. The fraction of sp³-hybridized carbons (Fsp3) is 0.211. The molecule has 0 bridgehead atoms. The number of nitrogens with zero attached hydrogens (tertiary/aromatic N) is 1. The highest BCUT2D eigenvalue weighted by Crippen LogP contribution is 2.28. The first-order valence-corrected chi connectivity index (χ1v) is 8.90. The number of aliphatic carboxylic acids is 1. The monoisotopic (exact) mass is 429 g/mol. The van der Waals surface area contributed by atoms with Crippen LogP contribution in [0.25, 0.3) is 0 Å². The van der Waals surface area contributed by atoms with Gasteiger partial charge in [-0.15, -0.1) is 0 Å². The van der Waals surface area contributed by atoms with E-state index in [2.05, 4.69) is 0 Å². The lowest BCUT2D eigenvalue weighted by molar-refractivity contribution is -0.150. The van der Waals surface area contributed by atoms with E-state index >= 15 is 0 Å². The summed E-state index contributed by atoms with van der Waals surface area (Å²) in [6.07, 6.45) is -0.361. The maximum absolute atomic E-state index is 13.8. The fourth-order valence-corrected chi connectivity index (χ4v) is 2.80. The number of hydrogen-bond donors (Lipinski definition) is 1. The summed E-state index contributed by atoms with van der Waals surface area (Å²) in [5.74, 6) is -5.10. The van der Waals surface area contributed by atoms with Crippen molar-refractivity contribution in [2.24, 2.45) is 0 Å². The third-order valence-electron chi connectivity index (χ3n) is 3.91. The molecular formula is C19H15Cl2F2NO4. The Balaban J connectivity index is 2.17. The van der Waals surface area contributed by atoms with Gasteiger partial charge in [-0.3, -0.25) is 9.59 Å². The molecule has 0 aliphatic carbocycles. The molecule has 0 aromatic heterocycles. The highest BCUT2D eigenvalue weighted by atomic mass is 35.5. The van der Waals surface area contributed by atoms with Crippen LogP contribution in [0.2, 0.25) is 10.0 Å². The number of carbonyl (C=O) groups excluding carboxylic acids is 2. The summed E-state index contributed by atoms with van der Waals surface area (Å²) in [7, 11) is 0. The van der Waals surface area contributed by atoms with Crippen molar-refractivity contribution in [2.75, 3.05) is 11.4 Å². The molecule has 0 spiro atoms. The number of carbonyl (C=O) groups is 3. The van der Waals surface area contributed by atoms with Crippen molar-refractivity contribution in [1.29, 1.82) is 0 Å². The van der Waals surface area contributed by atoms with Crippen LogP contribution in [0.1, 0.15) is 18.4 Å². The van der Waals surface area contributed by atoms with Crippen molar-refractivity contribution >= 4 is 46.5 Å². The van der Waals surface area contributed by atoms with Crippen molar-refractivity contribution < 1.29 is 28.3 Å². The van der Waals surface area contributed by atoms with E-state index in [4.69, 9.17) is 28.3 Å². The van der Waals surface area contributed by atoms with Gasteiger partial charge in [-0.1, -0.05) is 29.3 Å². The zero-order chi connectivity index (χ0) is 20.8. The van der Waals surface area contributed by atoms with E-state index in [1.807, 2.05) is 0 Å². The first-order valence-electron chi connectivity index (χ1n) is 8.14. The third kappa shape index (κ3) is 5.74.